The van der Waals surface area contributed by atoms with Gasteiger partial charge in [0.15, 0.2) is 0 Å². The van der Waals surface area contributed by atoms with E-state index in [4.69, 9.17) is 4.74 Å². The normalized spacial score (nSPS) is 10.9. The van der Waals surface area contributed by atoms with Gasteiger partial charge in [-0.1, -0.05) is 0 Å². The fourth-order valence-corrected chi connectivity index (χ4v) is 2.08. The van der Waals surface area contributed by atoms with Crippen LogP contribution in [0.1, 0.15) is 28.4 Å². The summed E-state index contributed by atoms with van der Waals surface area (Å²) in [5.41, 5.74) is 3.55. The molecule has 0 heterocycles. The Morgan fingerprint density at radius 2 is 1.68 bits per heavy atom. The molecule has 0 aliphatic heterocycles. The van der Waals surface area contributed by atoms with Crippen molar-refractivity contribution in [3.05, 3.63) is 53.1 Å². The summed E-state index contributed by atoms with van der Waals surface area (Å²) in [6.45, 7) is 5.85. The summed E-state index contributed by atoms with van der Waals surface area (Å²) in [7, 11) is 0. The van der Waals surface area contributed by atoms with Crippen molar-refractivity contribution in [2.24, 2.45) is 10.2 Å². The van der Waals surface area contributed by atoms with Gasteiger partial charge in [-0.05, 0) is 68.3 Å². The van der Waals surface area contributed by atoms with E-state index in [1.807, 2.05) is 13.8 Å². The first kappa shape index (κ1) is 15.7. The molecule has 0 aromatic heterocycles. The molecule has 2 aromatic rings. The van der Waals surface area contributed by atoms with Gasteiger partial charge < -0.3 is 9.84 Å². The van der Waals surface area contributed by atoms with E-state index < -0.39 is 0 Å². The zero-order chi connectivity index (χ0) is 16.1. The quantitative estimate of drug-likeness (QED) is 0.662. The number of hydrogen-bond donors (Lipinski definition) is 1. The van der Waals surface area contributed by atoms with Crippen LogP contribution in [-0.4, -0.2) is 17.7 Å². The highest BCUT2D eigenvalue weighted by molar-refractivity contribution is 5.89. The molecular formula is C17H18N2O3. The first-order valence-electron chi connectivity index (χ1n) is 7.00. The lowest BCUT2D eigenvalue weighted by Crippen LogP contribution is -2.03. The minimum atomic E-state index is -0.351. The molecule has 0 aliphatic carbocycles. The van der Waals surface area contributed by atoms with Crippen molar-refractivity contribution in [1.82, 2.24) is 0 Å². The van der Waals surface area contributed by atoms with Crippen LogP contribution in [0.4, 0.5) is 11.4 Å². The summed E-state index contributed by atoms with van der Waals surface area (Å²) in [5, 5.41) is 17.9. The number of benzene rings is 2. The minimum absolute atomic E-state index is 0.215. The summed E-state index contributed by atoms with van der Waals surface area (Å²) < 4.78 is 4.92. The maximum atomic E-state index is 11.6. The van der Waals surface area contributed by atoms with E-state index in [1.165, 1.54) is 0 Å². The second kappa shape index (κ2) is 6.85. The number of aryl methyl sites for hydroxylation is 2. The maximum absolute atomic E-state index is 11.6. The molecule has 5 nitrogen and oxygen atoms in total. The molecule has 1 N–H and O–H groups in total. The largest absolute Gasteiger partial charge is 0.508 e. The molecule has 22 heavy (non-hydrogen) atoms. The molecule has 114 valence electrons. The van der Waals surface area contributed by atoms with Crippen molar-refractivity contribution in [2.75, 3.05) is 6.61 Å². The molecule has 0 fully saturated rings. The summed E-state index contributed by atoms with van der Waals surface area (Å²) in [6.07, 6.45) is 0. The average Bonchev–Trinajstić information content (AvgIpc) is 2.47. The molecule has 0 aliphatic rings. The third-order valence-corrected chi connectivity index (χ3v) is 3.12. The standard InChI is InChI=1S/C17H18N2O3/c1-4-22-17(21)13-5-7-14(8-6-13)18-19-16-11(2)9-15(20)10-12(16)3/h5-10,20H,4H2,1-3H3. The number of rotatable bonds is 4. The number of esters is 1. The van der Waals surface area contributed by atoms with Crippen LogP contribution in [0, 0.1) is 13.8 Å². The molecule has 0 radical (unpaired) electrons. The lowest BCUT2D eigenvalue weighted by molar-refractivity contribution is 0.0526. The lowest BCUT2D eigenvalue weighted by atomic mass is 10.1. The predicted molar refractivity (Wildman–Crippen MR) is 84.2 cm³/mol. The Bertz CT molecular complexity index is 683. The van der Waals surface area contributed by atoms with Crippen molar-refractivity contribution >= 4 is 17.3 Å². The van der Waals surface area contributed by atoms with Gasteiger partial charge in [0.1, 0.15) is 5.75 Å². The van der Waals surface area contributed by atoms with Crippen molar-refractivity contribution < 1.29 is 14.6 Å². The van der Waals surface area contributed by atoms with Gasteiger partial charge in [0.05, 0.1) is 23.5 Å². The molecule has 5 heteroatoms. The van der Waals surface area contributed by atoms with Crippen molar-refractivity contribution in [3.63, 3.8) is 0 Å². The van der Waals surface area contributed by atoms with E-state index in [0.717, 1.165) is 16.8 Å². The number of nitrogens with zero attached hydrogens (tertiary/aromatic N) is 2. The Balaban J connectivity index is 2.19. The summed E-state index contributed by atoms with van der Waals surface area (Å²) in [5.74, 6) is -0.135. The van der Waals surface area contributed by atoms with Gasteiger partial charge in [0.2, 0.25) is 0 Å². The molecule has 0 bridgehead atoms. The number of carbonyl (C=O) groups is 1. The first-order chi connectivity index (χ1) is 10.5. The fraction of sp³-hybridized carbons (Fsp3) is 0.235. The number of hydrogen-bond acceptors (Lipinski definition) is 5. The molecule has 0 amide bonds. The number of ether oxygens (including phenoxy) is 1. The van der Waals surface area contributed by atoms with Crippen LogP contribution in [0.2, 0.25) is 0 Å². The Kier molecular flexibility index (Phi) is 4.88. The number of aromatic hydroxyl groups is 1. The van der Waals surface area contributed by atoms with Gasteiger partial charge >= 0.3 is 5.97 Å². The smallest absolute Gasteiger partial charge is 0.338 e. The molecular weight excluding hydrogens is 280 g/mol. The number of azo groups is 1. The Morgan fingerprint density at radius 3 is 2.23 bits per heavy atom. The van der Waals surface area contributed by atoms with E-state index in [9.17, 15) is 9.90 Å². The van der Waals surface area contributed by atoms with E-state index in [2.05, 4.69) is 10.2 Å². The first-order valence-corrected chi connectivity index (χ1v) is 7.00. The molecule has 0 saturated heterocycles. The molecule has 2 rings (SSSR count). The Labute approximate surface area is 129 Å². The molecule has 0 atom stereocenters. The number of phenols is 1. The Morgan fingerprint density at radius 1 is 1.09 bits per heavy atom. The molecule has 0 saturated carbocycles. The highest BCUT2D eigenvalue weighted by Crippen LogP contribution is 2.29. The second-order valence-corrected chi connectivity index (χ2v) is 4.90. The lowest BCUT2D eigenvalue weighted by Gasteiger charge is -2.04. The van der Waals surface area contributed by atoms with Gasteiger partial charge in [0.25, 0.3) is 0 Å². The van der Waals surface area contributed by atoms with Crippen molar-refractivity contribution in [2.45, 2.75) is 20.8 Å². The molecule has 2 aromatic carbocycles. The van der Waals surface area contributed by atoms with Crippen molar-refractivity contribution in [1.29, 1.82) is 0 Å². The average molecular weight is 298 g/mol. The fourth-order valence-electron chi connectivity index (χ4n) is 2.08. The van der Waals surface area contributed by atoms with E-state index in [1.54, 1.807) is 43.3 Å². The number of phenolic OH excluding ortho intramolecular Hbond substituents is 1. The van der Waals surface area contributed by atoms with Crippen LogP contribution >= 0.6 is 0 Å². The third-order valence-electron chi connectivity index (χ3n) is 3.12. The highest BCUT2D eigenvalue weighted by Gasteiger charge is 2.06. The van der Waals surface area contributed by atoms with Crippen LogP contribution in [0.3, 0.4) is 0 Å². The second-order valence-electron chi connectivity index (χ2n) is 4.90. The zero-order valence-electron chi connectivity index (χ0n) is 12.8. The topological polar surface area (TPSA) is 71.2 Å². The van der Waals surface area contributed by atoms with Crippen molar-refractivity contribution in [3.8, 4) is 5.75 Å². The predicted octanol–water partition coefficient (Wildman–Crippen LogP) is 4.60. The third kappa shape index (κ3) is 3.69. The summed E-state index contributed by atoms with van der Waals surface area (Å²) >= 11 is 0. The van der Waals surface area contributed by atoms with Gasteiger partial charge in [-0.15, -0.1) is 0 Å². The van der Waals surface area contributed by atoms with Crippen LogP contribution in [0.5, 0.6) is 5.75 Å². The van der Waals surface area contributed by atoms with E-state index >= 15 is 0 Å². The monoisotopic (exact) mass is 298 g/mol. The van der Waals surface area contributed by atoms with Gasteiger partial charge in [0, 0.05) is 0 Å². The van der Waals surface area contributed by atoms with Crippen LogP contribution in [-0.2, 0) is 4.74 Å². The molecule has 0 unspecified atom stereocenters. The van der Waals surface area contributed by atoms with E-state index in [0.29, 0.717) is 17.9 Å². The maximum Gasteiger partial charge on any atom is 0.338 e. The van der Waals surface area contributed by atoms with Gasteiger partial charge in [-0.3, -0.25) is 0 Å². The van der Waals surface area contributed by atoms with E-state index in [-0.39, 0.29) is 11.7 Å². The highest BCUT2D eigenvalue weighted by atomic mass is 16.5. The van der Waals surface area contributed by atoms with Gasteiger partial charge in [-0.2, -0.15) is 10.2 Å². The SMILES string of the molecule is CCOC(=O)c1ccc(N=Nc2c(C)cc(O)cc2C)cc1. The van der Waals surface area contributed by atoms with Gasteiger partial charge in [-0.25, -0.2) is 4.79 Å². The van der Waals surface area contributed by atoms with Crippen LogP contribution in [0.15, 0.2) is 46.6 Å². The minimum Gasteiger partial charge on any atom is -0.508 e. The van der Waals surface area contributed by atoms with Crippen LogP contribution in [0.25, 0.3) is 0 Å². The van der Waals surface area contributed by atoms with Crippen LogP contribution < -0.4 is 0 Å². The molecule has 0 spiro atoms. The Hall–Kier alpha value is -2.69. The summed E-state index contributed by atoms with van der Waals surface area (Å²) in [6, 6.07) is 10.0. The number of carbonyl (C=O) groups excluding carboxylic acids is 1. The zero-order valence-corrected chi connectivity index (χ0v) is 12.8. The summed E-state index contributed by atoms with van der Waals surface area (Å²) in [4.78, 5) is 11.6.